The van der Waals surface area contributed by atoms with Gasteiger partial charge >= 0.3 is 9.15 Å². The van der Waals surface area contributed by atoms with Crippen molar-refractivity contribution in [2.75, 3.05) is 38.4 Å². The molecule has 0 spiro atoms. The molecule has 0 radical (unpaired) electrons. The first-order valence-electron chi connectivity index (χ1n) is 6.59. The second-order valence-corrected chi connectivity index (χ2v) is 9.75. The summed E-state index contributed by atoms with van der Waals surface area (Å²) >= 11 is 0. The average Bonchev–Trinajstić information content (AvgIpc) is 2.52. The Morgan fingerprint density at radius 3 is 2.54 bits per heavy atom. The average molecular weight is 382 g/mol. The fourth-order valence-corrected chi connectivity index (χ4v) is 4.05. The highest BCUT2D eigenvalue weighted by Crippen LogP contribution is 2.21. The molecule has 0 aliphatic carbocycles. The van der Waals surface area contributed by atoms with Gasteiger partial charge in [-0.2, -0.15) is 8.42 Å². The van der Waals surface area contributed by atoms with Crippen LogP contribution in [-0.2, 0) is 22.2 Å². The molecule has 1 aromatic rings. The van der Waals surface area contributed by atoms with E-state index in [4.69, 9.17) is 15.6 Å². The maximum absolute atomic E-state index is 11.9. The Kier molecular flexibility index (Phi) is 6.95. The van der Waals surface area contributed by atoms with Gasteiger partial charge in [0.2, 0.25) is 0 Å². The van der Waals surface area contributed by atoms with Gasteiger partial charge in [0.15, 0.2) is 0 Å². The maximum Gasteiger partial charge on any atom is 0.375 e. The van der Waals surface area contributed by atoms with E-state index in [9.17, 15) is 21.6 Å². The van der Waals surface area contributed by atoms with Crippen LogP contribution in [0, 0.1) is 0 Å². The molecule has 0 unspecified atom stereocenters. The molecule has 0 aliphatic heterocycles. The van der Waals surface area contributed by atoms with E-state index in [1.807, 2.05) is 0 Å². The molecule has 1 aromatic carbocycles. The van der Waals surface area contributed by atoms with Gasteiger partial charge in [0, 0.05) is 12.1 Å². The van der Waals surface area contributed by atoms with Crippen LogP contribution in [0.2, 0.25) is 0 Å². The smallest absolute Gasteiger partial charge is 0.375 e. The second kappa shape index (κ2) is 8.28. The van der Waals surface area contributed by atoms with Crippen molar-refractivity contribution in [1.29, 1.82) is 0 Å². The first-order valence-corrected chi connectivity index (χ1v) is 10.2. The number of benzene rings is 1. The Bertz CT molecular complexity index is 789. The molecule has 0 aliphatic rings. The quantitative estimate of drug-likeness (QED) is 0.347. The Balaban J connectivity index is 2.68. The van der Waals surface area contributed by atoms with Gasteiger partial charge in [-0.05, 0) is 18.2 Å². The number of methoxy groups -OCH3 is 1. The minimum Gasteiger partial charge on any atom is -0.495 e. The Morgan fingerprint density at radius 1 is 1.29 bits per heavy atom. The lowest BCUT2D eigenvalue weighted by molar-refractivity contribution is 0.0955. The molecule has 4 N–H and O–H groups in total. The summed E-state index contributed by atoms with van der Waals surface area (Å²) < 4.78 is 55.2. The molecule has 12 heteroatoms. The van der Waals surface area contributed by atoms with Crippen LogP contribution < -0.4 is 15.8 Å². The van der Waals surface area contributed by atoms with Gasteiger partial charge in [-0.1, -0.05) is 0 Å². The molecule has 1 rings (SSSR count). The third kappa shape index (κ3) is 5.06. The molecule has 0 atom stereocenters. The fraction of sp³-hybridized carbons (Fsp3) is 0.417. The van der Waals surface area contributed by atoms with Crippen molar-refractivity contribution in [2.45, 2.75) is 0 Å². The molecule has 24 heavy (non-hydrogen) atoms. The van der Waals surface area contributed by atoms with Crippen LogP contribution in [-0.4, -0.2) is 60.5 Å². The number of hydrogen-bond acceptors (Lipinski definition) is 9. The number of rotatable bonds is 9. The molecular weight excluding hydrogens is 364 g/mol. The molecule has 0 saturated heterocycles. The summed E-state index contributed by atoms with van der Waals surface area (Å²) in [5.74, 6) is -1.23. The molecular formula is C12H18N2O8S2. The number of carbonyl (C=O) groups is 1. The van der Waals surface area contributed by atoms with Crippen LogP contribution in [0.5, 0.6) is 5.75 Å². The van der Waals surface area contributed by atoms with E-state index in [0.717, 1.165) is 0 Å². The van der Waals surface area contributed by atoms with Gasteiger partial charge in [0.25, 0.3) is 14.8 Å². The number of carbonyl (C=O) groups excluding carboxylic acids is 1. The standard InChI is InChI=1S/C12H18N2O8S2/c1-21-11-8-9(2-3-10(11)13)12(16)14-4-7-23(17,18)24(19,20)22-6-5-15/h2-3,8,15H,4-7,13H2,1H3,(H,14,16). The number of nitrogens with one attached hydrogen (secondary N) is 1. The first kappa shape index (κ1) is 20.2. The van der Waals surface area contributed by atoms with Gasteiger partial charge in [0.05, 0.1) is 31.8 Å². The lowest BCUT2D eigenvalue weighted by atomic mass is 10.2. The van der Waals surface area contributed by atoms with Gasteiger partial charge < -0.3 is 20.9 Å². The first-order chi connectivity index (χ1) is 11.1. The molecule has 10 nitrogen and oxygen atoms in total. The summed E-state index contributed by atoms with van der Waals surface area (Å²) in [4.78, 5) is 11.9. The number of aliphatic hydroxyl groups is 1. The van der Waals surface area contributed by atoms with Crippen molar-refractivity contribution >= 4 is 29.6 Å². The van der Waals surface area contributed by atoms with Gasteiger partial charge in [-0.15, -0.1) is 0 Å². The number of ether oxygens (including phenoxy) is 1. The monoisotopic (exact) mass is 382 g/mol. The van der Waals surface area contributed by atoms with Crippen molar-refractivity contribution in [3.05, 3.63) is 23.8 Å². The maximum atomic E-state index is 11.9. The highest BCUT2D eigenvalue weighted by Gasteiger charge is 2.30. The van der Waals surface area contributed by atoms with Gasteiger partial charge in [-0.25, -0.2) is 8.42 Å². The van der Waals surface area contributed by atoms with Crippen LogP contribution in [0.1, 0.15) is 10.4 Å². The zero-order valence-electron chi connectivity index (χ0n) is 12.8. The lowest BCUT2D eigenvalue weighted by Gasteiger charge is -2.09. The number of amides is 1. The molecule has 0 fully saturated rings. The van der Waals surface area contributed by atoms with E-state index >= 15 is 0 Å². The molecule has 136 valence electrons. The highest BCUT2D eigenvalue weighted by atomic mass is 33.2. The topological polar surface area (TPSA) is 162 Å². The summed E-state index contributed by atoms with van der Waals surface area (Å²) in [6.07, 6.45) is 0. The Hall–Kier alpha value is -1.89. The van der Waals surface area contributed by atoms with E-state index in [-0.39, 0.29) is 11.3 Å². The van der Waals surface area contributed by atoms with Crippen LogP contribution in [0.15, 0.2) is 18.2 Å². The summed E-state index contributed by atoms with van der Waals surface area (Å²) in [7, 11) is -8.15. The number of anilines is 1. The number of nitrogens with two attached hydrogens (primary N) is 1. The number of nitrogen functional groups attached to an aromatic ring is 1. The van der Waals surface area contributed by atoms with Crippen LogP contribution in [0.4, 0.5) is 5.69 Å². The Labute approximate surface area is 139 Å². The zero-order chi connectivity index (χ0) is 18.4. The third-order valence-corrected chi connectivity index (χ3v) is 7.20. The largest absolute Gasteiger partial charge is 0.495 e. The summed E-state index contributed by atoms with van der Waals surface area (Å²) in [6, 6.07) is 4.21. The highest BCUT2D eigenvalue weighted by molar-refractivity contribution is 8.65. The lowest BCUT2D eigenvalue weighted by Crippen LogP contribution is -2.32. The SMILES string of the molecule is COc1cc(C(=O)NCCS(=O)(=O)S(=O)(=O)OCCO)ccc1N. The third-order valence-electron chi connectivity index (χ3n) is 2.76. The van der Waals surface area contributed by atoms with Crippen molar-refractivity contribution in [3.63, 3.8) is 0 Å². The van der Waals surface area contributed by atoms with Gasteiger partial charge in [0.1, 0.15) is 5.75 Å². The van der Waals surface area contributed by atoms with E-state index < -0.39 is 49.4 Å². The Morgan fingerprint density at radius 2 is 1.96 bits per heavy atom. The fourth-order valence-electron chi connectivity index (χ4n) is 1.56. The molecule has 0 saturated carbocycles. The molecule has 0 aromatic heterocycles. The summed E-state index contributed by atoms with van der Waals surface area (Å²) in [5, 5.41) is 10.7. The predicted molar refractivity (Wildman–Crippen MR) is 85.5 cm³/mol. The van der Waals surface area contributed by atoms with E-state index in [1.54, 1.807) is 0 Å². The number of hydrogen-bond donors (Lipinski definition) is 3. The van der Waals surface area contributed by atoms with Crippen molar-refractivity contribution in [3.8, 4) is 5.75 Å². The molecule has 1 amide bonds. The summed E-state index contributed by atoms with van der Waals surface area (Å²) in [5.41, 5.74) is 6.10. The van der Waals surface area contributed by atoms with E-state index in [2.05, 4.69) is 9.50 Å². The van der Waals surface area contributed by atoms with Crippen molar-refractivity contribution in [1.82, 2.24) is 5.32 Å². The second-order valence-electron chi connectivity index (χ2n) is 4.43. The van der Waals surface area contributed by atoms with Crippen LogP contribution >= 0.6 is 0 Å². The van der Waals surface area contributed by atoms with E-state index in [0.29, 0.717) is 5.69 Å². The molecule has 0 heterocycles. The zero-order valence-corrected chi connectivity index (χ0v) is 14.4. The summed E-state index contributed by atoms with van der Waals surface area (Å²) in [6.45, 7) is -1.76. The minimum absolute atomic E-state index is 0.165. The normalized spacial score (nSPS) is 11.9. The van der Waals surface area contributed by atoms with Crippen LogP contribution in [0.3, 0.4) is 0 Å². The number of aliphatic hydroxyl groups excluding tert-OH is 1. The van der Waals surface area contributed by atoms with Gasteiger partial charge in [-0.3, -0.25) is 8.98 Å². The molecule has 0 bridgehead atoms. The van der Waals surface area contributed by atoms with Crippen LogP contribution in [0.25, 0.3) is 0 Å². The van der Waals surface area contributed by atoms with E-state index in [1.165, 1.54) is 25.3 Å². The van der Waals surface area contributed by atoms with Crippen molar-refractivity contribution < 1.29 is 35.7 Å². The predicted octanol–water partition coefficient (Wildman–Crippen LogP) is -1.32. The van der Waals surface area contributed by atoms with Crippen molar-refractivity contribution in [2.24, 2.45) is 0 Å². The minimum atomic E-state index is -4.88.